The monoisotopic (exact) mass is 283 g/mol. The number of likely N-dealkylation sites (N-methyl/N-ethyl adjacent to an activating group) is 1. The highest BCUT2D eigenvalue weighted by atomic mass is 32.2. The summed E-state index contributed by atoms with van der Waals surface area (Å²) < 4.78 is 2.15. The minimum atomic E-state index is -0.799. The molecule has 1 atom stereocenters. The third-order valence-corrected chi connectivity index (χ3v) is 4.63. The summed E-state index contributed by atoms with van der Waals surface area (Å²) in [5, 5.41) is 9.59. The van der Waals surface area contributed by atoms with Gasteiger partial charge in [0.25, 0.3) is 0 Å². The highest BCUT2D eigenvalue weighted by Gasteiger charge is 2.21. The van der Waals surface area contributed by atoms with Crippen LogP contribution in [-0.2, 0) is 11.3 Å². The number of rotatable bonds is 5. The van der Waals surface area contributed by atoms with E-state index in [1.165, 1.54) is 31.0 Å². The summed E-state index contributed by atoms with van der Waals surface area (Å²) in [6.45, 7) is 4.08. The van der Waals surface area contributed by atoms with Gasteiger partial charge in [0.05, 0.1) is 5.75 Å². The highest BCUT2D eigenvalue weighted by Crippen LogP contribution is 2.22. The molecule has 1 aromatic rings. The van der Waals surface area contributed by atoms with Crippen LogP contribution >= 0.6 is 11.8 Å². The quantitative estimate of drug-likeness (QED) is 0.836. The molecule has 0 amide bonds. The Morgan fingerprint density at radius 1 is 1.58 bits per heavy atom. The lowest BCUT2D eigenvalue weighted by atomic mass is 10.0. The number of hydrogen-bond donors (Lipinski definition) is 1. The minimum Gasteiger partial charge on any atom is -0.481 e. The van der Waals surface area contributed by atoms with Crippen LogP contribution in [0.15, 0.2) is 11.4 Å². The average molecular weight is 283 g/mol. The van der Waals surface area contributed by atoms with Crippen molar-refractivity contribution in [2.24, 2.45) is 0 Å². The fourth-order valence-corrected chi connectivity index (χ4v) is 3.24. The van der Waals surface area contributed by atoms with E-state index in [2.05, 4.69) is 21.5 Å². The number of thioether (sulfide) groups is 1. The van der Waals surface area contributed by atoms with Crippen LogP contribution in [-0.4, -0.2) is 50.9 Å². The van der Waals surface area contributed by atoms with Crippen molar-refractivity contribution in [1.29, 1.82) is 0 Å². The number of aryl methyl sites for hydroxylation is 1. The maximum atomic E-state index is 10.7. The molecule has 0 spiro atoms. The molecule has 2 rings (SSSR count). The van der Waals surface area contributed by atoms with Gasteiger partial charge in [-0.25, -0.2) is 4.98 Å². The lowest BCUT2D eigenvalue weighted by Gasteiger charge is -2.33. The molecule has 0 aromatic carbocycles. The highest BCUT2D eigenvalue weighted by molar-refractivity contribution is 7.99. The molecule has 1 saturated heterocycles. The minimum absolute atomic E-state index is 0.0664. The zero-order valence-electron chi connectivity index (χ0n) is 11.5. The third-order valence-electron chi connectivity index (χ3n) is 3.66. The number of likely N-dealkylation sites (tertiary alicyclic amines) is 1. The summed E-state index contributed by atoms with van der Waals surface area (Å²) >= 11 is 1.30. The summed E-state index contributed by atoms with van der Waals surface area (Å²) in [7, 11) is 2.17. The fraction of sp³-hybridized carbons (Fsp3) is 0.692. The average Bonchev–Trinajstić information content (AvgIpc) is 2.71. The number of imidazole rings is 1. The lowest BCUT2D eigenvalue weighted by molar-refractivity contribution is -0.133. The van der Waals surface area contributed by atoms with Gasteiger partial charge in [-0.1, -0.05) is 18.2 Å². The molecular formula is C13H21N3O2S. The van der Waals surface area contributed by atoms with Gasteiger partial charge < -0.3 is 14.6 Å². The number of hydrogen-bond acceptors (Lipinski definition) is 4. The first-order chi connectivity index (χ1) is 9.08. The van der Waals surface area contributed by atoms with Crippen LogP contribution in [0, 0.1) is 6.92 Å². The maximum absolute atomic E-state index is 10.7. The number of aliphatic carboxylic acids is 1. The molecule has 0 aliphatic carbocycles. The van der Waals surface area contributed by atoms with Crippen molar-refractivity contribution in [3.8, 4) is 0 Å². The van der Waals surface area contributed by atoms with E-state index in [0.717, 1.165) is 23.9 Å². The molecular weight excluding hydrogens is 262 g/mol. The van der Waals surface area contributed by atoms with Gasteiger partial charge in [-0.15, -0.1) is 0 Å². The van der Waals surface area contributed by atoms with Gasteiger partial charge in [0.1, 0.15) is 0 Å². The molecule has 1 fully saturated rings. The summed E-state index contributed by atoms with van der Waals surface area (Å²) in [6.07, 6.45) is 5.58. The van der Waals surface area contributed by atoms with E-state index in [0.29, 0.717) is 6.04 Å². The zero-order chi connectivity index (χ0) is 13.8. The number of carboxylic acid groups (broad SMARTS) is 1. The normalized spacial score (nSPS) is 20.6. The molecule has 0 bridgehead atoms. The Labute approximate surface area is 118 Å². The Balaban J connectivity index is 2.05. The van der Waals surface area contributed by atoms with Gasteiger partial charge in [-0.2, -0.15) is 0 Å². The van der Waals surface area contributed by atoms with Crippen LogP contribution in [0.2, 0.25) is 0 Å². The number of carbonyl (C=O) groups is 1. The molecule has 1 N–H and O–H groups in total. The van der Waals surface area contributed by atoms with Crippen LogP contribution in [0.1, 0.15) is 25.0 Å². The van der Waals surface area contributed by atoms with E-state index >= 15 is 0 Å². The van der Waals surface area contributed by atoms with E-state index < -0.39 is 5.97 Å². The predicted octanol–water partition coefficient (Wildman–Crippen LogP) is 1.85. The Kier molecular flexibility index (Phi) is 4.87. The van der Waals surface area contributed by atoms with E-state index in [4.69, 9.17) is 5.11 Å². The summed E-state index contributed by atoms with van der Waals surface area (Å²) in [5.74, 6) is -0.733. The summed E-state index contributed by atoms with van der Waals surface area (Å²) in [6, 6.07) is 0.533. The van der Waals surface area contributed by atoms with Crippen LogP contribution in [0.25, 0.3) is 0 Å². The number of nitrogens with zero attached hydrogens (tertiary/aromatic N) is 3. The van der Waals surface area contributed by atoms with Crippen LogP contribution in [0.5, 0.6) is 0 Å². The summed E-state index contributed by atoms with van der Waals surface area (Å²) in [5.41, 5.74) is 1.10. The second kappa shape index (κ2) is 6.43. The SMILES string of the molecule is Cc1cnc(SCC(=O)O)n1CC1CCCCN1C. The van der Waals surface area contributed by atoms with Crippen molar-refractivity contribution in [3.63, 3.8) is 0 Å². The van der Waals surface area contributed by atoms with Crippen molar-refractivity contribution in [2.45, 2.75) is 43.9 Å². The third kappa shape index (κ3) is 3.73. The van der Waals surface area contributed by atoms with Crippen LogP contribution in [0.3, 0.4) is 0 Å². The topological polar surface area (TPSA) is 58.4 Å². The molecule has 19 heavy (non-hydrogen) atoms. The molecule has 2 heterocycles. The van der Waals surface area contributed by atoms with Crippen LogP contribution in [0.4, 0.5) is 0 Å². The Morgan fingerprint density at radius 2 is 2.37 bits per heavy atom. The maximum Gasteiger partial charge on any atom is 0.313 e. The van der Waals surface area contributed by atoms with Gasteiger partial charge in [-0.05, 0) is 33.4 Å². The summed E-state index contributed by atoms with van der Waals surface area (Å²) in [4.78, 5) is 17.4. The van der Waals surface area contributed by atoms with Gasteiger partial charge in [-0.3, -0.25) is 4.79 Å². The molecule has 1 aliphatic rings. The van der Waals surface area contributed by atoms with Crippen molar-refractivity contribution >= 4 is 17.7 Å². The van der Waals surface area contributed by atoms with E-state index in [-0.39, 0.29) is 5.75 Å². The molecule has 1 unspecified atom stereocenters. The van der Waals surface area contributed by atoms with E-state index in [9.17, 15) is 4.79 Å². The fourth-order valence-electron chi connectivity index (χ4n) is 2.49. The molecule has 0 radical (unpaired) electrons. The Morgan fingerprint density at radius 3 is 3.05 bits per heavy atom. The second-order valence-corrected chi connectivity index (χ2v) is 6.05. The van der Waals surface area contributed by atoms with Crippen LogP contribution < -0.4 is 0 Å². The van der Waals surface area contributed by atoms with Crippen molar-refractivity contribution < 1.29 is 9.90 Å². The van der Waals surface area contributed by atoms with Gasteiger partial charge in [0.2, 0.25) is 0 Å². The predicted molar refractivity (Wildman–Crippen MR) is 75.6 cm³/mol. The molecule has 0 saturated carbocycles. The Hall–Kier alpha value is -1.01. The first-order valence-corrected chi connectivity index (χ1v) is 7.63. The van der Waals surface area contributed by atoms with Crippen molar-refractivity contribution in [1.82, 2.24) is 14.5 Å². The van der Waals surface area contributed by atoms with E-state index in [1.807, 2.05) is 13.1 Å². The number of piperidine rings is 1. The second-order valence-electron chi connectivity index (χ2n) is 5.11. The zero-order valence-corrected chi connectivity index (χ0v) is 12.3. The molecule has 6 heteroatoms. The number of carboxylic acids is 1. The smallest absolute Gasteiger partial charge is 0.313 e. The molecule has 106 valence electrons. The van der Waals surface area contributed by atoms with E-state index in [1.54, 1.807) is 0 Å². The molecule has 1 aromatic heterocycles. The standard InChI is InChI=1S/C13H21N3O2S/c1-10-7-14-13(19-9-12(17)18)16(10)8-11-5-3-4-6-15(11)2/h7,11H,3-6,8-9H2,1-2H3,(H,17,18). The first-order valence-electron chi connectivity index (χ1n) is 6.65. The van der Waals surface area contributed by atoms with Gasteiger partial charge in [0, 0.05) is 24.5 Å². The molecule has 1 aliphatic heterocycles. The van der Waals surface area contributed by atoms with Crippen molar-refractivity contribution in [2.75, 3.05) is 19.3 Å². The Bertz CT molecular complexity index is 447. The number of aromatic nitrogens is 2. The molecule has 5 nitrogen and oxygen atoms in total. The largest absolute Gasteiger partial charge is 0.481 e. The lowest BCUT2D eigenvalue weighted by Crippen LogP contribution is -2.39. The van der Waals surface area contributed by atoms with Gasteiger partial charge >= 0.3 is 5.97 Å². The first kappa shape index (κ1) is 14.4. The van der Waals surface area contributed by atoms with Crippen molar-refractivity contribution in [3.05, 3.63) is 11.9 Å². The van der Waals surface area contributed by atoms with Gasteiger partial charge in [0.15, 0.2) is 5.16 Å².